The Morgan fingerprint density at radius 3 is 1.80 bits per heavy atom. The van der Waals surface area contributed by atoms with Gasteiger partial charge < -0.3 is 42.9 Å². The number of aromatic hydroxyl groups is 1. The van der Waals surface area contributed by atoms with Crippen molar-refractivity contribution in [1.29, 1.82) is 0 Å². The number of carbonyl (C=O) groups is 6. The minimum Gasteiger partial charge on any atom is -0.508 e. The number of aliphatic carboxylic acids is 1. The maximum Gasteiger partial charge on any atom is 0.303 e. The van der Waals surface area contributed by atoms with E-state index in [1.165, 1.54) is 12.1 Å². The molecule has 0 saturated carbocycles. The lowest BCUT2D eigenvalue weighted by Crippen LogP contribution is -2.60. The van der Waals surface area contributed by atoms with Crippen molar-refractivity contribution >= 4 is 35.5 Å². The number of rotatable bonds is 19. The topological polar surface area (TPSA) is 243 Å². The Morgan fingerprint density at radius 2 is 1.31 bits per heavy atom. The lowest BCUT2D eigenvalue weighted by Gasteiger charge is -2.29. The van der Waals surface area contributed by atoms with Crippen molar-refractivity contribution in [1.82, 2.24) is 21.3 Å². The molecule has 0 aliphatic carbocycles. The molecule has 0 aromatic heterocycles. The Kier molecular flexibility index (Phi) is 16.0. The summed E-state index contributed by atoms with van der Waals surface area (Å²) in [6.07, 6.45) is 0.0604. The smallest absolute Gasteiger partial charge is 0.303 e. The number of primary amides is 1. The molecule has 1 aromatic carbocycles. The van der Waals surface area contributed by atoms with E-state index in [9.17, 15) is 39.0 Å². The van der Waals surface area contributed by atoms with E-state index < -0.39 is 78.1 Å². The molecule has 0 fully saturated rings. The number of hydrogen-bond donors (Lipinski definition) is 8. The van der Waals surface area contributed by atoms with Crippen molar-refractivity contribution < 1.29 is 39.0 Å². The fourth-order valence-electron chi connectivity index (χ4n) is 4.39. The molecular formula is C31H50N6O8. The molecule has 0 aliphatic rings. The van der Waals surface area contributed by atoms with Gasteiger partial charge in [0.25, 0.3) is 0 Å². The minimum absolute atomic E-state index is 0.0378. The number of carbonyl (C=O) groups excluding carboxylic acids is 5. The Bertz CT molecular complexity index is 1170. The van der Waals surface area contributed by atoms with Crippen LogP contribution in [0.4, 0.5) is 0 Å². The standard InChI is InChI=1S/C31H50N6O8/c1-7-18(6)26(37-28(42)21(12-13-24(39)40)34-30(44)25(32)17(4)5)31(45)36-23(14-16(2)3)29(43)35-22(27(33)41)15-19-8-10-20(38)11-9-19/h8-11,16-18,21-23,25-26,38H,7,12-15,32H2,1-6H3,(H2,33,41)(H,34,44)(H,35,43)(H,36,45)(H,37,42)(H,39,40)/t18-,21-,22-,23-,25-,26-/m0/s1. The van der Waals surface area contributed by atoms with Crippen LogP contribution in [0, 0.1) is 17.8 Å². The van der Waals surface area contributed by atoms with Gasteiger partial charge in [0.1, 0.15) is 29.9 Å². The quantitative estimate of drug-likeness (QED) is 0.104. The summed E-state index contributed by atoms with van der Waals surface area (Å²) >= 11 is 0. The molecule has 0 heterocycles. The minimum atomic E-state index is -1.27. The zero-order valence-electron chi connectivity index (χ0n) is 27.0. The molecule has 0 aliphatic heterocycles. The van der Waals surface area contributed by atoms with Crippen LogP contribution in [-0.4, -0.2) is 75.9 Å². The fraction of sp³-hybridized carbons (Fsp3) is 0.613. The Morgan fingerprint density at radius 1 is 0.778 bits per heavy atom. The van der Waals surface area contributed by atoms with Crippen molar-refractivity contribution in [2.45, 2.75) is 104 Å². The lowest BCUT2D eigenvalue weighted by molar-refractivity contribution is -0.138. The van der Waals surface area contributed by atoms with Crippen LogP contribution in [0.25, 0.3) is 0 Å². The Labute approximate surface area is 264 Å². The van der Waals surface area contributed by atoms with Crippen LogP contribution < -0.4 is 32.7 Å². The van der Waals surface area contributed by atoms with Gasteiger partial charge in [-0.05, 0) is 48.3 Å². The van der Waals surface area contributed by atoms with E-state index in [0.29, 0.717) is 12.0 Å². The van der Waals surface area contributed by atoms with E-state index in [0.717, 1.165) is 0 Å². The number of carboxylic acid groups (broad SMARTS) is 1. The molecule has 6 atom stereocenters. The van der Waals surface area contributed by atoms with Crippen LogP contribution in [0.2, 0.25) is 0 Å². The van der Waals surface area contributed by atoms with E-state index in [1.807, 2.05) is 20.8 Å². The maximum absolute atomic E-state index is 13.6. The van der Waals surface area contributed by atoms with Gasteiger partial charge in [0.15, 0.2) is 0 Å². The first-order valence-electron chi connectivity index (χ1n) is 15.2. The first kappa shape index (κ1) is 38.8. The summed E-state index contributed by atoms with van der Waals surface area (Å²) in [5.41, 5.74) is 12.1. The SMILES string of the molecule is CC[C@H](C)[C@H](NC(=O)[C@H](CCC(=O)O)NC(=O)[C@@H](N)C(C)C)C(=O)N[C@@H](CC(C)C)C(=O)N[C@@H](Cc1ccc(O)cc1)C(N)=O. The van der Waals surface area contributed by atoms with Gasteiger partial charge in [0.2, 0.25) is 29.5 Å². The van der Waals surface area contributed by atoms with Gasteiger partial charge in [-0.15, -0.1) is 0 Å². The second-order valence-corrected chi connectivity index (χ2v) is 12.2. The number of carboxylic acids is 1. The zero-order chi connectivity index (χ0) is 34.4. The molecule has 1 rings (SSSR count). The molecule has 45 heavy (non-hydrogen) atoms. The molecule has 1 aromatic rings. The zero-order valence-corrected chi connectivity index (χ0v) is 27.0. The highest BCUT2D eigenvalue weighted by atomic mass is 16.4. The second kappa shape index (κ2) is 18.6. The first-order chi connectivity index (χ1) is 21.0. The van der Waals surface area contributed by atoms with Gasteiger partial charge in [-0.25, -0.2) is 0 Å². The van der Waals surface area contributed by atoms with Crippen molar-refractivity contribution in [3.8, 4) is 5.75 Å². The van der Waals surface area contributed by atoms with E-state index in [4.69, 9.17) is 11.5 Å². The van der Waals surface area contributed by atoms with Gasteiger partial charge in [-0.1, -0.05) is 60.1 Å². The number of phenols is 1. The fourth-order valence-corrected chi connectivity index (χ4v) is 4.39. The highest BCUT2D eigenvalue weighted by molar-refractivity contribution is 5.96. The third kappa shape index (κ3) is 13.5. The number of nitrogens with one attached hydrogen (secondary N) is 4. The third-order valence-corrected chi connectivity index (χ3v) is 7.47. The number of benzene rings is 1. The van der Waals surface area contributed by atoms with Crippen LogP contribution >= 0.6 is 0 Å². The summed E-state index contributed by atoms with van der Waals surface area (Å²) in [4.78, 5) is 76.4. The average Bonchev–Trinajstić information content (AvgIpc) is 2.96. The monoisotopic (exact) mass is 634 g/mol. The first-order valence-corrected chi connectivity index (χ1v) is 15.2. The molecule has 0 radical (unpaired) electrons. The normalized spacial score (nSPS) is 15.2. The lowest BCUT2D eigenvalue weighted by atomic mass is 9.95. The third-order valence-electron chi connectivity index (χ3n) is 7.47. The Balaban J connectivity index is 3.18. The summed E-state index contributed by atoms with van der Waals surface area (Å²) in [6.45, 7) is 10.7. The highest BCUT2D eigenvalue weighted by Gasteiger charge is 2.34. The molecule has 0 unspecified atom stereocenters. The number of nitrogens with two attached hydrogens (primary N) is 2. The molecule has 252 valence electrons. The maximum atomic E-state index is 13.6. The second-order valence-electron chi connectivity index (χ2n) is 12.2. The molecule has 0 saturated heterocycles. The van der Waals surface area contributed by atoms with Gasteiger partial charge in [-0.3, -0.25) is 28.8 Å². The molecule has 14 nitrogen and oxygen atoms in total. The van der Waals surface area contributed by atoms with Crippen molar-refractivity contribution in [3.63, 3.8) is 0 Å². The van der Waals surface area contributed by atoms with Gasteiger partial charge in [-0.2, -0.15) is 0 Å². The van der Waals surface area contributed by atoms with Crippen LogP contribution in [0.15, 0.2) is 24.3 Å². The largest absolute Gasteiger partial charge is 0.508 e. The van der Waals surface area contributed by atoms with Crippen molar-refractivity contribution in [2.75, 3.05) is 0 Å². The molecule has 0 spiro atoms. The molecule has 5 amide bonds. The average molecular weight is 635 g/mol. The van der Waals surface area contributed by atoms with Crippen LogP contribution in [0.3, 0.4) is 0 Å². The summed E-state index contributed by atoms with van der Waals surface area (Å²) in [7, 11) is 0. The number of amides is 5. The predicted octanol–water partition coefficient (Wildman–Crippen LogP) is 0.300. The van der Waals surface area contributed by atoms with Gasteiger partial charge in [0.05, 0.1) is 6.04 Å². The van der Waals surface area contributed by atoms with Crippen LogP contribution in [0.5, 0.6) is 5.75 Å². The molecule has 14 heteroatoms. The van der Waals surface area contributed by atoms with E-state index in [2.05, 4.69) is 21.3 Å². The Hall–Kier alpha value is -4.20. The summed E-state index contributed by atoms with van der Waals surface area (Å²) < 4.78 is 0. The summed E-state index contributed by atoms with van der Waals surface area (Å²) in [6, 6.07) is 0.518. The molecule has 0 bridgehead atoms. The van der Waals surface area contributed by atoms with E-state index in [-0.39, 0.29) is 36.8 Å². The van der Waals surface area contributed by atoms with Crippen LogP contribution in [0.1, 0.15) is 72.8 Å². The molecular weight excluding hydrogens is 584 g/mol. The number of phenolic OH excluding ortho intramolecular Hbond substituents is 1. The highest BCUT2D eigenvalue weighted by Crippen LogP contribution is 2.14. The predicted molar refractivity (Wildman–Crippen MR) is 167 cm³/mol. The summed E-state index contributed by atoms with van der Waals surface area (Å²) in [5.74, 6) is -5.37. The summed E-state index contributed by atoms with van der Waals surface area (Å²) in [5, 5.41) is 29.1. The van der Waals surface area contributed by atoms with Gasteiger partial charge in [0, 0.05) is 12.8 Å². The van der Waals surface area contributed by atoms with Crippen LogP contribution in [-0.2, 0) is 35.2 Å². The van der Waals surface area contributed by atoms with Crippen molar-refractivity contribution in [3.05, 3.63) is 29.8 Å². The van der Waals surface area contributed by atoms with E-state index in [1.54, 1.807) is 32.9 Å². The van der Waals surface area contributed by atoms with Gasteiger partial charge >= 0.3 is 5.97 Å². The van der Waals surface area contributed by atoms with Crippen molar-refractivity contribution in [2.24, 2.45) is 29.2 Å². The molecule has 10 N–H and O–H groups in total. The number of hydrogen-bond acceptors (Lipinski definition) is 8. The van der Waals surface area contributed by atoms with E-state index >= 15 is 0 Å².